The second-order valence-corrected chi connectivity index (χ2v) is 7.01. The Hall–Kier alpha value is -0.810. The maximum Gasteiger partial charge on any atom is 0.193 e. The van der Waals surface area contributed by atoms with Crippen molar-refractivity contribution in [2.75, 3.05) is 59.5 Å². The van der Waals surface area contributed by atoms with Crippen LogP contribution in [0.5, 0.6) is 0 Å². The molecule has 2 aliphatic heterocycles. The van der Waals surface area contributed by atoms with Crippen molar-refractivity contribution < 1.29 is 4.74 Å². The maximum absolute atomic E-state index is 5.49. The Morgan fingerprint density at radius 1 is 1.22 bits per heavy atom. The average Bonchev–Trinajstić information content (AvgIpc) is 3.07. The third-order valence-corrected chi connectivity index (χ3v) is 5.21. The number of piperidine rings is 1. The average molecular weight is 325 g/mol. The Morgan fingerprint density at radius 3 is 2.61 bits per heavy atom. The van der Waals surface area contributed by atoms with E-state index < -0.39 is 0 Å². The fourth-order valence-corrected chi connectivity index (χ4v) is 3.62. The van der Waals surface area contributed by atoms with Crippen molar-refractivity contribution in [3.05, 3.63) is 0 Å². The van der Waals surface area contributed by atoms with Crippen LogP contribution in [0.4, 0.5) is 0 Å². The third-order valence-electron chi connectivity index (χ3n) is 5.21. The molecule has 2 rings (SSSR count). The van der Waals surface area contributed by atoms with E-state index in [4.69, 9.17) is 9.73 Å². The molecule has 5 heteroatoms. The molecule has 134 valence electrons. The van der Waals surface area contributed by atoms with Crippen LogP contribution in [0.15, 0.2) is 4.99 Å². The van der Waals surface area contributed by atoms with E-state index in [1.807, 2.05) is 0 Å². The molecule has 2 heterocycles. The predicted molar refractivity (Wildman–Crippen MR) is 97.0 cm³/mol. The van der Waals surface area contributed by atoms with Crippen LogP contribution in [-0.2, 0) is 4.74 Å². The second kappa shape index (κ2) is 10.1. The molecule has 0 bridgehead atoms. The lowest BCUT2D eigenvalue weighted by molar-refractivity contribution is 0.181. The van der Waals surface area contributed by atoms with Crippen molar-refractivity contribution >= 4 is 5.96 Å². The van der Waals surface area contributed by atoms with Crippen molar-refractivity contribution in [3.63, 3.8) is 0 Å². The number of hydrogen-bond donors (Lipinski definition) is 1. The SMILES string of the molecule is CCNC(=NCCC1CCN(CC)CC1)N(C)CC1CCOC1. The molecule has 5 nitrogen and oxygen atoms in total. The maximum atomic E-state index is 5.49. The van der Waals surface area contributed by atoms with Gasteiger partial charge in [0.2, 0.25) is 0 Å². The van der Waals surface area contributed by atoms with Gasteiger partial charge in [-0.25, -0.2) is 0 Å². The lowest BCUT2D eigenvalue weighted by atomic mass is 9.94. The fraction of sp³-hybridized carbons (Fsp3) is 0.944. The van der Waals surface area contributed by atoms with Gasteiger partial charge >= 0.3 is 0 Å². The zero-order valence-corrected chi connectivity index (χ0v) is 15.4. The van der Waals surface area contributed by atoms with Crippen LogP contribution in [0.2, 0.25) is 0 Å². The summed E-state index contributed by atoms with van der Waals surface area (Å²) in [5.74, 6) is 2.57. The normalized spacial score (nSPS) is 24.1. The minimum Gasteiger partial charge on any atom is -0.381 e. The number of likely N-dealkylation sites (tertiary alicyclic amines) is 1. The Morgan fingerprint density at radius 2 is 2.00 bits per heavy atom. The van der Waals surface area contributed by atoms with E-state index >= 15 is 0 Å². The molecule has 0 amide bonds. The molecule has 1 atom stereocenters. The summed E-state index contributed by atoms with van der Waals surface area (Å²) in [5.41, 5.74) is 0. The minimum absolute atomic E-state index is 0.655. The van der Waals surface area contributed by atoms with Gasteiger partial charge in [-0.1, -0.05) is 6.92 Å². The van der Waals surface area contributed by atoms with Gasteiger partial charge in [0.25, 0.3) is 0 Å². The molecule has 1 N–H and O–H groups in total. The highest BCUT2D eigenvalue weighted by Gasteiger charge is 2.20. The highest BCUT2D eigenvalue weighted by molar-refractivity contribution is 5.79. The van der Waals surface area contributed by atoms with Crippen molar-refractivity contribution in [1.29, 1.82) is 0 Å². The van der Waals surface area contributed by atoms with E-state index in [0.717, 1.165) is 44.7 Å². The molecule has 0 aromatic heterocycles. The van der Waals surface area contributed by atoms with Crippen molar-refractivity contribution in [1.82, 2.24) is 15.1 Å². The monoisotopic (exact) mass is 324 g/mol. The van der Waals surface area contributed by atoms with Crippen LogP contribution in [0.1, 0.15) is 39.5 Å². The van der Waals surface area contributed by atoms with Gasteiger partial charge in [0, 0.05) is 39.2 Å². The van der Waals surface area contributed by atoms with Gasteiger partial charge in [-0.15, -0.1) is 0 Å². The van der Waals surface area contributed by atoms with Crippen LogP contribution < -0.4 is 5.32 Å². The quantitative estimate of drug-likeness (QED) is 0.575. The fourth-order valence-electron chi connectivity index (χ4n) is 3.62. The summed E-state index contributed by atoms with van der Waals surface area (Å²) >= 11 is 0. The second-order valence-electron chi connectivity index (χ2n) is 7.01. The highest BCUT2D eigenvalue weighted by Crippen LogP contribution is 2.20. The van der Waals surface area contributed by atoms with Gasteiger partial charge in [-0.05, 0) is 58.2 Å². The number of aliphatic imine (C=N–C) groups is 1. The summed E-state index contributed by atoms with van der Waals surface area (Å²) in [4.78, 5) is 9.70. The number of guanidine groups is 1. The molecular formula is C18H36N4O. The largest absolute Gasteiger partial charge is 0.381 e. The number of rotatable bonds is 7. The summed E-state index contributed by atoms with van der Waals surface area (Å²) in [7, 11) is 2.15. The first-order chi connectivity index (χ1) is 11.2. The summed E-state index contributed by atoms with van der Waals surface area (Å²) in [6.07, 6.45) is 5.09. The van der Waals surface area contributed by atoms with E-state index in [9.17, 15) is 0 Å². The van der Waals surface area contributed by atoms with Crippen LogP contribution >= 0.6 is 0 Å². The van der Waals surface area contributed by atoms with Gasteiger partial charge in [0.15, 0.2) is 5.96 Å². The Kier molecular flexibility index (Phi) is 8.17. The van der Waals surface area contributed by atoms with Crippen molar-refractivity contribution in [2.24, 2.45) is 16.8 Å². The van der Waals surface area contributed by atoms with Gasteiger partial charge in [-0.3, -0.25) is 4.99 Å². The summed E-state index contributed by atoms with van der Waals surface area (Å²) < 4.78 is 5.49. The Bertz CT molecular complexity index is 347. The molecular weight excluding hydrogens is 288 g/mol. The van der Waals surface area contributed by atoms with E-state index in [-0.39, 0.29) is 0 Å². The van der Waals surface area contributed by atoms with Crippen molar-refractivity contribution in [2.45, 2.75) is 39.5 Å². The zero-order valence-electron chi connectivity index (χ0n) is 15.4. The molecule has 2 aliphatic rings. The Labute approximate surface area is 142 Å². The van der Waals surface area contributed by atoms with Crippen molar-refractivity contribution in [3.8, 4) is 0 Å². The summed E-state index contributed by atoms with van der Waals surface area (Å²) in [6, 6.07) is 0. The zero-order chi connectivity index (χ0) is 16.5. The standard InChI is InChI=1S/C18H36N4O/c1-4-19-18(21(3)14-17-9-13-23-15-17)20-10-6-16-7-11-22(5-2)12-8-16/h16-17H,4-15H2,1-3H3,(H,19,20). The van der Waals surface area contributed by atoms with Crippen LogP contribution in [0.3, 0.4) is 0 Å². The van der Waals surface area contributed by atoms with Gasteiger partial charge < -0.3 is 19.9 Å². The predicted octanol–water partition coefficient (Wildman–Crippen LogP) is 2.04. The third kappa shape index (κ3) is 6.30. The van der Waals surface area contributed by atoms with Crippen LogP contribution in [0.25, 0.3) is 0 Å². The van der Waals surface area contributed by atoms with E-state index in [2.05, 4.69) is 36.0 Å². The molecule has 0 aromatic carbocycles. The molecule has 23 heavy (non-hydrogen) atoms. The number of nitrogens with zero attached hydrogens (tertiary/aromatic N) is 3. The smallest absolute Gasteiger partial charge is 0.193 e. The first-order valence-corrected chi connectivity index (χ1v) is 9.52. The molecule has 1 unspecified atom stereocenters. The highest BCUT2D eigenvalue weighted by atomic mass is 16.5. The van der Waals surface area contributed by atoms with E-state index in [1.165, 1.54) is 45.3 Å². The number of nitrogens with one attached hydrogen (secondary N) is 1. The lowest BCUT2D eigenvalue weighted by Gasteiger charge is -2.31. The van der Waals surface area contributed by atoms with Gasteiger partial charge in [0.05, 0.1) is 6.61 Å². The number of hydrogen-bond acceptors (Lipinski definition) is 3. The minimum atomic E-state index is 0.655. The number of ether oxygens (including phenoxy) is 1. The topological polar surface area (TPSA) is 40.1 Å². The van der Waals surface area contributed by atoms with E-state index in [0.29, 0.717) is 5.92 Å². The van der Waals surface area contributed by atoms with E-state index in [1.54, 1.807) is 0 Å². The molecule has 0 aromatic rings. The first-order valence-electron chi connectivity index (χ1n) is 9.52. The summed E-state index contributed by atoms with van der Waals surface area (Å²) in [5, 5.41) is 3.44. The van der Waals surface area contributed by atoms with Gasteiger partial charge in [-0.2, -0.15) is 0 Å². The first kappa shape index (κ1) is 18.5. The summed E-state index contributed by atoms with van der Waals surface area (Å²) in [6.45, 7) is 12.9. The lowest BCUT2D eigenvalue weighted by Crippen LogP contribution is -2.41. The Balaban J connectivity index is 1.74. The molecule has 2 fully saturated rings. The molecule has 0 aliphatic carbocycles. The molecule has 0 radical (unpaired) electrons. The molecule has 2 saturated heterocycles. The van der Waals surface area contributed by atoms with Gasteiger partial charge in [0.1, 0.15) is 0 Å². The molecule has 0 saturated carbocycles. The molecule has 0 spiro atoms. The van der Waals surface area contributed by atoms with Crippen LogP contribution in [0, 0.1) is 11.8 Å². The van der Waals surface area contributed by atoms with Crippen LogP contribution in [-0.4, -0.2) is 75.3 Å².